The second-order valence-corrected chi connectivity index (χ2v) is 6.30. The van der Waals surface area contributed by atoms with Crippen LogP contribution in [0.15, 0.2) is 59.3 Å². The van der Waals surface area contributed by atoms with E-state index in [-0.39, 0.29) is 0 Å². The van der Waals surface area contributed by atoms with Gasteiger partial charge in [-0.3, -0.25) is 9.97 Å². The number of rotatable bonds is 3. The first-order valence-corrected chi connectivity index (χ1v) is 7.82. The van der Waals surface area contributed by atoms with Crippen LogP contribution in [0.25, 0.3) is 11.0 Å². The van der Waals surface area contributed by atoms with Crippen molar-refractivity contribution in [3.8, 4) is 0 Å². The summed E-state index contributed by atoms with van der Waals surface area (Å²) in [5, 5.41) is 3.61. The van der Waals surface area contributed by atoms with Gasteiger partial charge in [-0.1, -0.05) is 30.3 Å². The van der Waals surface area contributed by atoms with Crippen molar-refractivity contribution < 1.29 is 0 Å². The molecule has 1 aliphatic rings. The molecule has 2 unspecified atom stereocenters. The van der Waals surface area contributed by atoms with E-state index >= 15 is 0 Å². The van der Waals surface area contributed by atoms with E-state index in [9.17, 15) is 0 Å². The fourth-order valence-corrected chi connectivity index (χ4v) is 3.06. The van der Waals surface area contributed by atoms with E-state index in [2.05, 4.69) is 61.5 Å². The zero-order chi connectivity index (χ0) is 14.2. The van der Waals surface area contributed by atoms with Gasteiger partial charge in [0.1, 0.15) is 5.52 Å². The Balaban J connectivity index is 1.59. The Morgan fingerprint density at radius 2 is 1.95 bits per heavy atom. The van der Waals surface area contributed by atoms with Gasteiger partial charge in [0.25, 0.3) is 0 Å². The monoisotopic (exact) mass is 339 g/mol. The molecule has 2 heterocycles. The van der Waals surface area contributed by atoms with E-state index in [0.29, 0.717) is 12.0 Å². The normalized spacial score (nSPS) is 20.4. The lowest BCUT2D eigenvalue weighted by atomic mass is 10.1. The van der Waals surface area contributed by atoms with Gasteiger partial charge in [0.15, 0.2) is 0 Å². The summed E-state index contributed by atoms with van der Waals surface area (Å²) < 4.78 is 0.952. The van der Waals surface area contributed by atoms with Gasteiger partial charge < -0.3 is 5.32 Å². The molecule has 104 valence electrons. The predicted octanol–water partition coefficient (Wildman–Crippen LogP) is 4.36. The van der Waals surface area contributed by atoms with Crippen molar-refractivity contribution in [2.45, 2.75) is 18.4 Å². The summed E-state index contributed by atoms with van der Waals surface area (Å²) in [4.78, 5) is 8.86. The molecule has 2 atom stereocenters. The summed E-state index contributed by atoms with van der Waals surface area (Å²) in [6.45, 7) is 0. The Hall–Kier alpha value is -1.94. The van der Waals surface area contributed by atoms with Crippen molar-refractivity contribution >= 4 is 32.7 Å². The molecular formula is C17H14BrN3. The lowest BCUT2D eigenvalue weighted by Gasteiger charge is -2.08. The van der Waals surface area contributed by atoms with Gasteiger partial charge in [0, 0.05) is 28.8 Å². The van der Waals surface area contributed by atoms with Crippen molar-refractivity contribution in [2.24, 2.45) is 0 Å². The maximum atomic E-state index is 4.49. The Bertz CT molecular complexity index is 788. The molecule has 1 N–H and O–H groups in total. The third-order valence-corrected chi connectivity index (χ3v) is 4.34. The largest absolute Gasteiger partial charge is 0.380 e. The summed E-state index contributed by atoms with van der Waals surface area (Å²) in [5.74, 6) is 0.602. The second kappa shape index (κ2) is 5.11. The molecule has 21 heavy (non-hydrogen) atoms. The molecule has 1 aliphatic carbocycles. The molecule has 3 aromatic rings. The molecule has 0 bridgehead atoms. The van der Waals surface area contributed by atoms with E-state index < -0.39 is 0 Å². The molecule has 1 aromatic carbocycles. The minimum Gasteiger partial charge on any atom is -0.380 e. The van der Waals surface area contributed by atoms with Gasteiger partial charge in [-0.2, -0.15) is 0 Å². The Morgan fingerprint density at radius 1 is 1.10 bits per heavy atom. The summed E-state index contributed by atoms with van der Waals surface area (Å²) in [5.41, 5.74) is 4.31. The van der Waals surface area contributed by atoms with Crippen LogP contribution in [0, 0.1) is 0 Å². The minimum absolute atomic E-state index is 0.489. The Labute approximate surface area is 131 Å². The van der Waals surface area contributed by atoms with Gasteiger partial charge in [-0.05, 0) is 40.0 Å². The van der Waals surface area contributed by atoms with Gasteiger partial charge >= 0.3 is 0 Å². The number of benzene rings is 1. The third kappa shape index (κ3) is 2.51. The van der Waals surface area contributed by atoms with E-state index in [1.54, 1.807) is 0 Å². The number of hydrogen-bond acceptors (Lipinski definition) is 3. The van der Waals surface area contributed by atoms with Crippen LogP contribution < -0.4 is 5.32 Å². The first-order valence-electron chi connectivity index (χ1n) is 7.03. The molecule has 0 radical (unpaired) electrons. The van der Waals surface area contributed by atoms with Crippen LogP contribution in [0.2, 0.25) is 0 Å². The topological polar surface area (TPSA) is 37.8 Å². The van der Waals surface area contributed by atoms with E-state index in [0.717, 1.165) is 21.2 Å². The van der Waals surface area contributed by atoms with E-state index in [1.165, 1.54) is 12.0 Å². The molecule has 0 aliphatic heterocycles. The summed E-state index contributed by atoms with van der Waals surface area (Å²) in [6, 6.07) is 15.2. The fourth-order valence-electron chi connectivity index (χ4n) is 2.74. The zero-order valence-electron chi connectivity index (χ0n) is 11.3. The second-order valence-electron chi connectivity index (χ2n) is 5.38. The molecule has 0 spiro atoms. The molecule has 1 fully saturated rings. The van der Waals surface area contributed by atoms with Crippen LogP contribution in [-0.4, -0.2) is 16.0 Å². The van der Waals surface area contributed by atoms with Crippen LogP contribution >= 0.6 is 15.9 Å². The standard InChI is InChI=1S/C17H14BrN3/c18-12-8-16-17(20-10-12)14(6-7-19-16)21-15-9-13(15)11-4-2-1-3-5-11/h1-8,10,13,15H,9H2,(H,19,21). The third-order valence-electron chi connectivity index (χ3n) is 3.90. The van der Waals surface area contributed by atoms with Gasteiger partial charge in [0.2, 0.25) is 0 Å². The van der Waals surface area contributed by atoms with Gasteiger partial charge in [0.05, 0.1) is 11.2 Å². The van der Waals surface area contributed by atoms with Crippen LogP contribution in [0.4, 0.5) is 5.69 Å². The molecule has 1 saturated carbocycles. The number of fused-ring (bicyclic) bond motifs is 1. The average Bonchev–Trinajstić information content (AvgIpc) is 3.27. The van der Waals surface area contributed by atoms with Crippen molar-refractivity contribution in [3.63, 3.8) is 0 Å². The Kier molecular flexibility index (Phi) is 3.11. The molecular weight excluding hydrogens is 326 g/mol. The van der Waals surface area contributed by atoms with Crippen LogP contribution in [0.1, 0.15) is 17.9 Å². The predicted molar refractivity (Wildman–Crippen MR) is 88.4 cm³/mol. The first kappa shape index (κ1) is 12.8. The maximum absolute atomic E-state index is 4.49. The molecule has 2 aromatic heterocycles. The number of nitrogens with zero attached hydrogens (tertiary/aromatic N) is 2. The lowest BCUT2D eigenvalue weighted by Crippen LogP contribution is -2.05. The summed E-state index contributed by atoms with van der Waals surface area (Å²) >= 11 is 3.44. The minimum atomic E-state index is 0.489. The number of aromatic nitrogens is 2. The number of halogens is 1. The van der Waals surface area contributed by atoms with Crippen LogP contribution in [0.3, 0.4) is 0 Å². The van der Waals surface area contributed by atoms with Crippen molar-refractivity contribution in [2.75, 3.05) is 5.32 Å². The number of anilines is 1. The SMILES string of the molecule is Brc1cnc2c(NC3CC3c3ccccc3)ccnc2c1. The number of pyridine rings is 2. The molecule has 3 nitrogen and oxygen atoms in total. The lowest BCUT2D eigenvalue weighted by molar-refractivity contribution is 1.05. The van der Waals surface area contributed by atoms with Crippen molar-refractivity contribution in [1.82, 2.24) is 9.97 Å². The highest BCUT2D eigenvalue weighted by Gasteiger charge is 2.38. The molecule has 4 heteroatoms. The number of nitrogens with one attached hydrogen (secondary N) is 1. The van der Waals surface area contributed by atoms with Crippen LogP contribution in [-0.2, 0) is 0 Å². The highest BCUT2D eigenvalue weighted by Crippen LogP contribution is 2.43. The van der Waals surface area contributed by atoms with Gasteiger partial charge in [-0.15, -0.1) is 0 Å². The average molecular weight is 340 g/mol. The Morgan fingerprint density at radius 3 is 2.81 bits per heavy atom. The van der Waals surface area contributed by atoms with Crippen molar-refractivity contribution in [3.05, 3.63) is 64.9 Å². The smallest absolute Gasteiger partial charge is 0.112 e. The molecule has 4 rings (SSSR count). The molecule has 0 saturated heterocycles. The summed E-state index contributed by atoms with van der Waals surface area (Å²) in [7, 11) is 0. The highest BCUT2D eigenvalue weighted by atomic mass is 79.9. The van der Waals surface area contributed by atoms with E-state index in [1.807, 2.05) is 24.5 Å². The molecule has 0 amide bonds. The maximum Gasteiger partial charge on any atom is 0.112 e. The highest BCUT2D eigenvalue weighted by molar-refractivity contribution is 9.10. The zero-order valence-corrected chi connectivity index (χ0v) is 12.9. The first-order chi connectivity index (χ1) is 10.3. The van der Waals surface area contributed by atoms with E-state index in [4.69, 9.17) is 0 Å². The summed E-state index contributed by atoms with van der Waals surface area (Å²) in [6.07, 6.45) is 4.82. The quantitative estimate of drug-likeness (QED) is 0.770. The van der Waals surface area contributed by atoms with Gasteiger partial charge in [-0.25, -0.2) is 0 Å². The van der Waals surface area contributed by atoms with Crippen molar-refractivity contribution in [1.29, 1.82) is 0 Å². The number of hydrogen-bond donors (Lipinski definition) is 1. The fraction of sp³-hybridized carbons (Fsp3) is 0.176. The van der Waals surface area contributed by atoms with Crippen LogP contribution in [0.5, 0.6) is 0 Å².